The summed E-state index contributed by atoms with van der Waals surface area (Å²) in [6, 6.07) is 12.1. The summed E-state index contributed by atoms with van der Waals surface area (Å²) in [5, 5.41) is 32.4. The summed E-state index contributed by atoms with van der Waals surface area (Å²) < 4.78 is 0. The predicted octanol–water partition coefficient (Wildman–Crippen LogP) is 5.90. The Balaban J connectivity index is 2.03. The van der Waals surface area contributed by atoms with Crippen molar-refractivity contribution >= 4 is 46.7 Å². The van der Waals surface area contributed by atoms with E-state index in [1.807, 2.05) is 26.2 Å². The summed E-state index contributed by atoms with van der Waals surface area (Å²) in [7, 11) is 3.97. The molecule has 0 aromatic heterocycles. The van der Waals surface area contributed by atoms with E-state index in [2.05, 4.69) is 10.2 Å². The van der Waals surface area contributed by atoms with Crippen molar-refractivity contribution in [2.45, 2.75) is 19.3 Å². The summed E-state index contributed by atoms with van der Waals surface area (Å²) in [4.78, 5) is 38.6. The maximum atomic E-state index is 13.3. The number of anilines is 1. The van der Waals surface area contributed by atoms with Crippen molar-refractivity contribution in [2.24, 2.45) is 0 Å². The van der Waals surface area contributed by atoms with E-state index in [4.69, 9.17) is 23.2 Å². The first kappa shape index (κ1) is 28.0. The largest absolute Gasteiger partial charge is 0.507 e. The Labute approximate surface area is 224 Å². The molecule has 0 atom stereocenters. The normalized spacial score (nSPS) is 10.9. The number of carbonyl (C=O) groups excluding carboxylic acids is 1. The van der Waals surface area contributed by atoms with Crippen LogP contribution in [-0.4, -0.2) is 58.7 Å². The van der Waals surface area contributed by atoms with Crippen LogP contribution in [0.5, 0.6) is 5.75 Å². The van der Waals surface area contributed by atoms with E-state index in [1.165, 1.54) is 0 Å². The van der Waals surface area contributed by atoms with Crippen molar-refractivity contribution in [2.75, 3.05) is 26.0 Å². The monoisotopic (exact) mass is 544 g/mol. The van der Waals surface area contributed by atoms with Crippen LogP contribution in [0.2, 0.25) is 10.0 Å². The fourth-order valence-corrected chi connectivity index (χ4v) is 4.38. The highest BCUT2D eigenvalue weighted by Gasteiger charge is 2.23. The molecule has 0 aliphatic carbocycles. The molecule has 0 heterocycles. The van der Waals surface area contributed by atoms with Gasteiger partial charge in [0, 0.05) is 21.3 Å². The molecule has 0 aliphatic rings. The molecule has 4 N–H and O–H groups in total. The first-order valence-corrected chi connectivity index (χ1v) is 12.1. The van der Waals surface area contributed by atoms with Gasteiger partial charge in [0.1, 0.15) is 11.3 Å². The van der Waals surface area contributed by atoms with Crippen LogP contribution in [0.15, 0.2) is 48.5 Å². The van der Waals surface area contributed by atoms with Crippen LogP contribution in [0.1, 0.15) is 49.5 Å². The number of hydrogen-bond donors (Lipinski definition) is 4. The number of rotatable bonds is 10. The minimum absolute atomic E-state index is 0.392. The van der Waals surface area contributed by atoms with Gasteiger partial charge in [0.2, 0.25) is 0 Å². The Morgan fingerprint density at radius 3 is 2.19 bits per heavy atom. The quantitative estimate of drug-likeness (QED) is 0.234. The third kappa shape index (κ3) is 7.01. The number of phenols is 1. The molecule has 0 radical (unpaired) electrons. The lowest BCUT2D eigenvalue weighted by molar-refractivity contribution is 0.0676. The molecular formula is C27H26Cl2N2O6. The number of carboxylic acid groups (broad SMARTS) is 2. The third-order valence-corrected chi connectivity index (χ3v) is 6.29. The Morgan fingerprint density at radius 2 is 1.57 bits per heavy atom. The van der Waals surface area contributed by atoms with Crippen LogP contribution in [0.25, 0.3) is 11.1 Å². The molecule has 194 valence electrons. The summed E-state index contributed by atoms with van der Waals surface area (Å²) in [5.74, 6) is -4.55. The second-order valence-electron chi connectivity index (χ2n) is 8.74. The molecule has 0 bridgehead atoms. The molecule has 1 amide bonds. The molecule has 10 heteroatoms. The number of halogens is 2. The van der Waals surface area contributed by atoms with Crippen molar-refractivity contribution in [1.82, 2.24) is 4.90 Å². The molecule has 0 fully saturated rings. The van der Waals surface area contributed by atoms with Crippen LogP contribution in [0.4, 0.5) is 5.69 Å². The van der Waals surface area contributed by atoms with Gasteiger partial charge in [-0.05, 0) is 81.4 Å². The van der Waals surface area contributed by atoms with E-state index < -0.39 is 40.3 Å². The van der Waals surface area contributed by atoms with Gasteiger partial charge in [0.05, 0.1) is 11.1 Å². The molecule has 3 aromatic rings. The van der Waals surface area contributed by atoms with Crippen molar-refractivity contribution in [1.29, 1.82) is 0 Å². The predicted molar refractivity (Wildman–Crippen MR) is 143 cm³/mol. The van der Waals surface area contributed by atoms with Crippen LogP contribution in [-0.2, 0) is 6.42 Å². The van der Waals surface area contributed by atoms with Gasteiger partial charge in [-0.1, -0.05) is 41.4 Å². The smallest absolute Gasteiger partial charge is 0.339 e. The van der Waals surface area contributed by atoms with E-state index in [1.54, 1.807) is 24.3 Å². The molecule has 0 saturated carbocycles. The van der Waals surface area contributed by atoms with Gasteiger partial charge in [-0.15, -0.1) is 0 Å². The zero-order chi connectivity index (χ0) is 27.3. The summed E-state index contributed by atoms with van der Waals surface area (Å²) in [5.41, 5.74) is 1.13. The fraction of sp³-hybridized carbons (Fsp3) is 0.222. The Bertz CT molecular complexity index is 1360. The number of nitrogens with zero attached hydrogens (tertiary/aromatic N) is 1. The number of aromatic hydroxyl groups is 1. The van der Waals surface area contributed by atoms with Gasteiger partial charge >= 0.3 is 11.9 Å². The van der Waals surface area contributed by atoms with Crippen LogP contribution in [0, 0.1) is 0 Å². The van der Waals surface area contributed by atoms with Gasteiger partial charge in [0.25, 0.3) is 5.91 Å². The van der Waals surface area contributed by atoms with Crippen molar-refractivity contribution in [3.05, 3.63) is 80.8 Å². The third-order valence-electron chi connectivity index (χ3n) is 5.74. The molecule has 3 rings (SSSR count). The van der Waals surface area contributed by atoms with Crippen LogP contribution >= 0.6 is 23.2 Å². The highest BCUT2D eigenvalue weighted by Crippen LogP contribution is 2.34. The molecule has 0 spiro atoms. The van der Waals surface area contributed by atoms with E-state index in [9.17, 15) is 29.7 Å². The van der Waals surface area contributed by atoms with Gasteiger partial charge in [-0.25, -0.2) is 9.59 Å². The first-order chi connectivity index (χ1) is 17.5. The zero-order valence-corrected chi connectivity index (χ0v) is 21.7. The van der Waals surface area contributed by atoms with Crippen molar-refractivity contribution in [3.8, 4) is 16.9 Å². The number of aromatic carboxylic acids is 2. The number of nitrogens with one attached hydrogen (secondary N) is 1. The van der Waals surface area contributed by atoms with Crippen molar-refractivity contribution in [3.63, 3.8) is 0 Å². The second kappa shape index (κ2) is 12.1. The molecule has 0 unspecified atom stereocenters. The summed E-state index contributed by atoms with van der Waals surface area (Å²) in [6.45, 7) is 0.896. The molecule has 0 aliphatic heterocycles. The van der Waals surface area contributed by atoms with Crippen LogP contribution in [0.3, 0.4) is 0 Å². The number of aryl methyl sites for hydroxylation is 1. The number of amides is 1. The molecule has 37 heavy (non-hydrogen) atoms. The average Bonchev–Trinajstić information content (AvgIpc) is 2.81. The number of carboxylic acids is 2. The first-order valence-electron chi connectivity index (χ1n) is 11.4. The van der Waals surface area contributed by atoms with E-state index in [0.29, 0.717) is 33.3 Å². The maximum Gasteiger partial charge on any atom is 0.339 e. The minimum Gasteiger partial charge on any atom is -0.507 e. The summed E-state index contributed by atoms with van der Waals surface area (Å²) >= 11 is 12.4. The highest BCUT2D eigenvalue weighted by molar-refractivity contribution is 6.36. The van der Waals surface area contributed by atoms with E-state index >= 15 is 0 Å². The van der Waals surface area contributed by atoms with Gasteiger partial charge in [-0.3, -0.25) is 4.79 Å². The van der Waals surface area contributed by atoms with Gasteiger partial charge in [-0.2, -0.15) is 0 Å². The Morgan fingerprint density at radius 1 is 0.865 bits per heavy atom. The van der Waals surface area contributed by atoms with Crippen LogP contribution < -0.4 is 5.32 Å². The molecule has 0 saturated heterocycles. The lowest BCUT2D eigenvalue weighted by atomic mass is 9.98. The standard InChI is InChI=1S/C27H26Cl2N2O6/c1-31(2)10-4-3-5-15-6-7-16(18-9-8-17(28)12-22(18)29)11-23(15)30-25(33)19-13-21(27(36)37)24(32)14-20(19)26(34)35/h6-9,11-14,32H,3-5,10H2,1-2H3,(H,30,33)(H,34,35)(H,36,37). The van der Waals surface area contributed by atoms with E-state index in [0.717, 1.165) is 37.1 Å². The number of benzene rings is 3. The average molecular weight is 545 g/mol. The Kier molecular flexibility index (Phi) is 9.15. The lowest BCUT2D eigenvalue weighted by Crippen LogP contribution is -2.19. The maximum absolute atomic E-state index is 13.3. The lowest BCUT2D eigenvalue weighted by Gasteiger charge is -2.16. The number of unbranched alkanes of at least 4 members (excludes halogenated alkanes) is 1. The topological polar surface area (TPSA) is 127 Å². The highest BCUT2D eigenvalue weighted by atomic mass is 35.5. The fourth-order valence-electron chi connectivity index (χ4n) is 3.86. The van der Waals surface area contributed by atoms with Gasteiger partial charge in [0.15, 0.2) is 0 Å². The van der Waals surface area contributed by atoms with Crippen molar-refractivity contribution < 1.29 is 29.7 Å². The molecule has 3 aromatic carbocycles. The zero-order valence-electron chi connectivity index (χ0n) is 20.2. The molecular weight excluding hydrogens is 519 g/mol. The molecule has 8 nitrogen and oxygen atoms in total. The van der Waals surface area contributed by atoms with Gasteiger partial charge < -0.3 is 25.5 Å². The summed E-state index contributed by atoms with van der Waals surface area (Å²) in [6.07, 6.45) is 2.40. The van der Waals surface area contributed by atoms with E-state index in [-0.39, 0.29) is 0 Å². The SMILES string of the molecule is CN(C)CCCCc1ccc(-c2ccc(Cl)cc2Cl)cc1NC(=O)c1cc(C(=O)O)c(O)cc1C(=O)O. The number of carbonyl (C=O) groups is 3. The number of hydrogen-bond acceptors (Lipinski definition) is 5. The second-order valence-corrected chi connectivity index (χ2v) is 9.58. The minimum atomic E-state index is -1.50. The Hall–Kier alpha value is -3.59.